The summed E-state index contributed by atoms with van der Waals surface area (Å²) >= 11 is 6.81. The van der Waals surface area contributed by atoms with Crippen LogP contribution >= 0.6 is 31.9 Å². The van der Waals surface area contributed by atoms with Crippen molar-refractivity contribution in [3.8, 4) is 11.4 Å². The summed E-state index contributed by atoms with van der Waals surface area (Å²) in [5.41, 5.74) is 1.94. The Morgan fingerprint density at radius 1 is 1.19 bits per heavy atom. The highest BCUT2D eigenvalue weighted by molar-refractivity contribution is 9.11. The Hall–Kier alpha value is -2.12. The van der Waals surface area contributed by atoms with Gasteiger partial charge in [0.2, 0.25) is 0 Å². The molecule has 1 amide bonds. The van der Waals surface area contributed by atoms with Gasteiger partial charge in [-0.25, -0.2) is 4.68 Å². The first-order valence-corrected chi connectivity index (χ1v) is 9.52. The van der Waals surface area contributed by atoms with Crippen LogP contribution < -0.4 is 4.74 Å². The monoisotopic (exact) mass is 477 g/mol. The van der Waals surface area contributed by atoms with Crippen molar-refractivity contribution in [2.24, 2.45) is 0 Å². The van der Waals surface area contributed by atoms with Gasteiger partial charge in [-0.15, -0.1) is 0 Å². The van der Waals surface area contributed by atoms with E-state index in [4.69, 9.17) is 4.74 Å². The predicted octanol–water partition coefficient (Wildman–Crippen LogP) is 4.43. The third-order valence-corrected chi connectivity index (χ3v) is 4.86. The molecule has 0 aliphatic rings. The second kappa shape index (κ2) is 8.51. The van der Waals surface area contributed by atoms with Gasteiger partial charge >= 0.3 is 0 Å². The van der Waals surface area contributed by atoms with Crippen molar-refractivity contribution in [1.29, 1.82) is 0 Å². The fourth-order valence-corrected chi connectivity index (χ4v) is 3.53. The van der Waals surface area contributed by atoms with Crippen molar-refractivity contribution < 1.29 is 9.53 Å². The molecule has 0 saturated carbocycles. The van der Waals surface area contributed by atoms with Crippen molar-refractivity contribution >= 4 is 37.8 Å². The number of hydrogen-bond acceptors (Lipinski definition) is 3. The quantitative estimate of drug-likeness (QED) is 0.526. The van der Waals surface area contributed by atoms with Crippen LogP contribution in [0.25, 0.3) is 5.69 Å². The third-order valence-electron chi connectivity index (χ3n) is 3.75. The van der Waals surface area contributed by atoms with Gasteiger partial charge < -0.3 is 9.64 Å². The van der Waals surface area contributed by atoms with Crippen LogP contribution in [0.15, 0.2) is 69.9 Å². The Balaban J connectivity index is 1.57. The standard InChI is InChI=1S/C19H17Br2N3O2/c1-23(19(25)13-26-18-8-7-15(20)9-17(18)21)11-14-10-22-24(12-14)16-5-3-2-4-6-16/h2-10,12H,11,13H2,1H3. The smallest absolute Gasteiger partial charge is 0.260 e. The predicted molar refractivity (Wildman–Crippen MR) is 107 cm³/mol. The van der Waals surface area contributed by atoms with Gasteiger partial charge in [0.1, 0.15) is 5.75 Å². The summed E-state index contributed by atoms with van der Waals surface area (Å²) in [7, 11) is 1.75. The normalized spacial score (nSPS) is 10.6. The van der Waals surface area contributed by atoms with E-state index in [2.05, 4.69) is 37.0 Å². The summed E-state index contributed by atoms with van der Waals surface area (Å²) in [6.07, 6.45) is 3.69. The third kappa shape index (κ3) is 4.74. The molecule has 26 heavy (non-hydrogen) atoms. The van der Waals surface area contributed by atoms with Gasteiger partial charge in [0, 0.05) is 29.8 Å². The number of likely N-dealkylation sites (N-methyl/N-ethyl adjacent to an activating group) is 1. The molecule has 1 heterocycles. The highest BCUT2D eigenvalue weighted by Crippen LogP contribution is 2.28. The first-order valence-electron chi connectivity index (χ1n) is 7.94. The van der Waals surface area contributed by atoms with Gasteiger partial charge in [-0.1, -0.05) is 34.1 Å². The van der Waals surface area contributed by atoms with E-state index in [0.717, 1.165) is 20.2 Å². The molecule has 5 nitrogen and oxygen atoms in total. The van der Waals surface area contributed by atoms with Crippen molar-refractivity contribution in [3.63, 3.8) is 0 Å². The Morgan fingerprint density at radius 2 is 1.96 bits per heavy atom. The summed E-state index contributed by atoms with van der Waals surface area (Å²) in [6, 6.07) is 15.4. The van der Waals surface area contributed by atoms with E-state index >= 15 is 0 Å². The van der Waals surface area contributed by atoms with Crippen molar-refractivity contribution in [3.05, 3.63) is 75.4 Å². The van der Waals surface area contributed by atoms with Crippen molar-refractivity contribution in [1.82, 2.24) is 14.7 Å². The minimum absolute atomic E-state index is 0.0243. The molecule has 0 aliphatic carbocycles. The van der Waals surface area contributed by atoms with E-state index in [9.17, 15) is 4.79 Å². The number of hydrogen-bond donors (Lipinski definition) is 0. The van der Waals surface area contributed by atoms with Gasteiger partial charge in [-0.2, -0.15) is 5.10 Å². The average molecular weight is 479 g/mol. The molecule has 0 aliphatic heterocycles. The Kier molecular flexibility index (Phi) is 6.11. The lowest BCUT2D eigenvalue weighted by atomic mass is 10.3. The summed E-state index contributed by atoms with van der Waals surface area (Å²) in [5, 5.41) is 4.35. The summed E-state index contributed by atoms with van der Waals surface area (Å²) in [5.74, 6) is 0.527. The van der Waals surface area contributed by atoms with Gasteiger partial charge in [-0.05, 0) is 46.3 Å². The van der Waals surface area contributed by atoms with E-state index in [1.807, 2.05) is 54.7 Å². The Labute approximate surface area is 168 Å². The summed E-state index contributed by atoms with van der Waals surface area (Å²) in [6.45, 7) is 0.445. The van der Waals surface area contributed by atoms with Crippen LogP contribution in [0, 0.1) is 0 Å². The number of amides is 1. The van der Waals surface area contributed by atoms with Crippen molar-refractivity contribution in [2.75, 3.05) is 13.7 Å². The van der Waals surface area contributed by atoms with Gasteiger partial charge in [-0.3, -0.25) is 4.79 Å². The van der Waals surface area contributed by atoms with Gasteiger partial charge in [0.25, 0.3) is 5.91 Å². The van der Waals surface area contributed by atoms with Crippen LogP contribution in [-0.2, 0) is 11.3 Å². The molecule has 0 unspecified atom stereocenters. The molecule has 0 N–H and O–H groups in total. The average Bonchev–Trinajstić information content (AvgIpc) is 3.10. The zero-order valence-corrected chi connectivity index (χ0v) is 17.3. The molecular formula is C19H17Br2N3O2. The maximum absolute atomic E-state index is 12.3. The van der Waals surface area contributed by atoms with Crippen LogP contribution in [0.2, 0.25) is 0 Å². The molecule has 3 rings (SSSR count). The van der Waals surface area contributed by atoms with Crippen LogP contribution in [0.4, 0.5) is 0 Å². The zero-order chi connectivity index (χ0) is 18.5. The second-order valence-corrected chi connectivity index (χ2v) is 7.51. The van der Waals surface area contributed by atoms with E-state index in [0.29, 0.717) is 12.3 Å². The number of ether oxygens (including phenoxy) is 1. The van der Waals surface area contributed by atoms with E-state index in [-0.39, 0.29) is 12.5 Å². The van der Waals surface area contributed by atoms with Gasteiger partial charge in [0.05, 0.1) is 16.4 Å². The number of benzene rings is 2. The minimum atomic E-state index is -0.104. The van der Waals surface area contributed by atoms with E-state index < -0.39 is 0 Å². The van der Waals surface area contributed by atoms with Crippen molar-refractivity contribution in [2.45, 2.75) is 6.54 Å². The Morgan fingerprint density at radius 3 is 2.69 bits per heavy atom. The van der Waals surface area contributed by atoms with Crippen LogP contribution in [0.3, 0.4) is 0 Å². The molecule has 3 aromatic rings. The second-order valence-electron chi connectivity index (χ2n) is 5.74. The molecule has 0 bridgehead atoms. The zero-order valence-electron chi connectivity index (χ0n) is 14.1. The minimum Gasteiger partial charge on any atom is -0.483 e. The number of rotatable bonds is 6. The summed E-state index contributed by atoms with van der Waals surface area (Å²) < 4.78 is 9.14. The maximum Gasteiger partial charge on any atom is 0.260 e. The highest BCUT2D eigenvalue weighted by atomic mass is 79.9. The van der Waals surface area contributed by atoms with Crippen LogP contribution in [0.1, 0.15) is 5.56 Å². The first kappa shape index (κ1) is 18.7. The summed E-state index contributed by atoms with van der Waals surface area (Å²) in [4.78, 5) is 13.9. The number of halogens is 2. The van der Waals surface area contributed by atoms with Gasteiger partial charge in [0.15, 0.2) is 6.61 Å². The lowest BCUT2D eigenvalue weighted by Crippen LogP contribution is -2.30. The fraction of sp³-hybridized carbons (Fsp3) is 0.158. The molecule has 0 spiro atoms. The molecule has 1 aromatic heterocycles. The van der Waals surface area contributed by atoms with E-state index in [1.54, 1.807) is 22.8 Å². The number of nitrogens with zero attached hydrogens (tertiary/aromatic N) is 3. The molecule has 0 fully saturated rings. The molecule has 0 atom stereocenters. The largest absolute Gasteiger partial charge is 0.483 e. The van der Waals surface area contributed by atoms with Crippen LogP contribution in [0.5, 0.6) is 5.75 Å². The molecule has 134 valence electrons. The SMILES string of the molecule is CN(Cc1cnn(-c2ccccc2)c1)C(=O)COc1ccc(Br)cc1Br. The fourth-order valence-electron chi connectivity index (χ4n) is 2.37. The number of aromatic nitrogens is 2. The van der Waals surface area contributed by atoms with E-state index in [1.165, 1.54) is 0 Å². The van der Waals surface area contributed by atoms with Crippen LogP contribution in [-0.4, -0.2) is 34.2 Å². The topological polar surface area (TPSA) is 47.4 Å². The molecule has 0 saturated heterocycles. The lowest BCUT2D eigenvalue weighted by Gasteiger charge is -2.17. The Bertz CT molecular complexity index is 897. The lowest BCUT2D eigenvalue weighted by molar-refractivity contribution is -0.132. The molecule has 0 radical (unpaired) electrons. The number of carbonyl (C=O) groups is 1. The molecular weight excluding hydrogens is 462 g/mol. The highest BCUT2D eigenvalue weighted by Gasteiger charge is 2.13. The maximum atomic E-state index is 12.3. The molecule has 7 heteroatoms. The molecule has 2 aromatic carbocycles. The number of para-hydroxylation sites is 1. The first-order chi connectivity index (χ1) is 12.5. The number of carbonyl (C=O) groups excluding carboxylic acids is 1.